The average molecular weight is 346 g/mol. The third-order valence-corrected chi connectivity index (χ3v) is 5.69. The van der Waals surface area contributed by atoms with Crippen LogP contribution >= 0.6 is 11.3 Å². The zero-order valence-corrected chi connectivity index (χ0v) is 15.4. The molecule has 0 radical (unpaired) electrons. The van der Waals surface area contributed by atoms with Crippen LogP contribution in [0.5, 0.6) is 0 Å². The minimum atomic E-state index is -0.116. The lowest BCUT2D eigenvalue weighted by molar-refractivity contribution is 0.0793. The monoisotopic (exact) mass is 345 g/mol. The first-order valence-corrected chi connectivity index (χ1v) is 9.66. The fourth-order valence-corrected chi connectivity index (χ4v) is 3.84. The highest BCUT2D eigenvalue weighted by Crippen LogP contribution is 2.22. The molecule has 0 spiro atoms. The summed E-state index contributed by atoms with van der Waals surface area (Å²) in [5, 5.41) is 16.6. The Morgan fingerprint density at radius 2 is 2.04 bits per heavy atom. The average Bonchev–Trinajstić information content (AvgIpc) is 3.05. The van der Waals surface area contributed by atoms with Crippen molar-refractivity contribution in [2.75, 3.05) is 18.4 Å². The van der Waals surface area contributed by atoms with E-state index in [4.69, 9.17) is 4.98 Å². The number of hydrogen-bond donors (Lipinski definition) is 2. The predicted octanol–water partition coefficient (Wildman–Crippen LogP) is 3.84. The molecule has 4 nitrogen and oxygen atoms in total. The maximum atomic E-state index is 9.65. The van der Waals surface area contributed by atoms with Crippen LogP contribution in [0.1, 0.15) is 48.9 Å². The third-order valence-electron chi connectivity index (χ3n) is 4.49. The highest BCUT2D eigenvalue weighted by atomic mass is 32.1. The molecule has 1 fully saturated rings. The molecule has 1 aliphatic rings. The van der Waals surface area contributed by atoms with E-state index in [0.717, 1.165) is 44.7 Å². The Hall–Kier alpha value is -1.43. The summed E-state index contributed by atoms with van der Waals surface area (Å²) in [7, 11) is 0. The van der Waals surface area contributed by atoms with E-state index in [-0.39, 0.29) is 6.10 Å². The van der Waals surface area contributed by atoms with E-state index in [1.807, 2.05) is 0 Å². The van der Waals surface area contributed by atoms with Gasteiger partial charge in [0.25, 0.3) is 0 Å². The molecule has 2 N–H and O–H groups in total. The van der Waals surface area contributed by atoms with E-state index < -0.39 is 0 Å². The van der Waals surface area contributed by atoms with Gasteiger partial charge in [-0.3, -0.25) is 4.90 Å². The zero-order valence-electron chi connectivity index (χ0n) is 14.5. The lowest BCUT2D eigenvalue weighted by Gasteiger charge is -2.30. The molecule has 0 unspecified atom stereocenters. The first kappa shape index (κ1) is 17.4. The van der Waals surface area contributed by atoms with E-state index in [1.54, 1.807) is 11.3 Å². The molecule has 1 aromatic heterocycles. The van der Waals surface area contributed by atoms with Crippen LogP contribution < -0.4 is 5.32 Å². The molecule has 24 heavy (non-hydrogen) atoms. The maximum Gasteiger partial charge on any atom is 0.0954 e. The second kappa shape index (κ2) is 8.10. The number of aliphatic hydroxyl groups is 1. The summed E-state index contributed by atoms with van der Waals surface area (Å²) in [5.41, 5.74) is 3.61. The third kappa shape index (κ3) is 4.56. The van der Waals surface area contributed by atoms with E-state index in [9.17, 15) is 5.11 Å². The van der Waals surface area contributed by atoms with Gasteiger partial charge in [0, 0.05) is 36.6 Å². The second-order valence-corrected chi connectivity index (χ2v) is 7.74. The summed E-state index contributed by atoms with van der Waals surface area (Å²) in [6.07, 6.45) is 1.65. The van der Waals surface area contributed by atoms with Crippen LogP contribution in [-0.4, -0.2) is 34.2 Å². The van der Waals surface area contributed by atoms with E-state index >= 15 is 0 Å². The molecule has 0 amide bonds. The SMILES string of the molecule is CC(C)c1nc(CNc2ccccc2CN2CCC(O)CC2)cs1. The van der Waals surface area contributed by atoms with Gasteiger partial charge < -0.3 is 10.4 Å². The summed E-state index contributed by atoms with van der Waals surface area (Å²) in [5.74, 6) is 0.491. The Kier molecular flexibility index (Phi) is 5.87. The van der Waals surface area contributed by atoms with Gasteiger partial charge in [-0.15, -0.1) is 11.3 Å². The first-order valence-electron chi connectivity index (χ1n) is 8.78. The number of thiazole rings is 1. The van der Waals surface area contributed by atoms with E-state index in [0.29, 0.717) is 5.92 Å². The van der Waals surface area contributed by atoms with Crippen LogP contribution in [0.25, 0.3) is 0 Å². The molecule has 2 heterocycles. The Morgan fingerprint density at radius 1 is 1.29 bits per heavy atom. The van der Waals surface area contributed by atoms with Crippen LogP contribution in [-0.2, 0) is 13.1 Å². The van der Waals surface area contributed by atoms with Gasteiger partial charge in [-0.25, -0.2) is 4.98 Å². The Morgan fingerprint density at radius 3 is 2.75 bits per heavy atom. The first-order chi connectivity index (χ1) is 11.6. The number of hydrogen-bond acceptors (Lipinski definition) is 5. The van der Waals surface area contributed by atoms with Crippen molar-refractivity contribution in [2.45, 2.75) is 51.8 Å². The molecule has 0 saturated carbocycles. The van der Waals surface area contributed by atoms with Gasteiger partial charge in [0.2, 0.25) is 0 Å². The van der Waals surface area contributed by atoms with Crippen LogP contribution in [0, 0.1) is 0 Å². The number of benzene rings is 1. The van der Waals surface area contributed by atoms with Gasteiger partial charge in [0.15, 0.2) is 0 Å². The predicted molar refractivity (Wildman–Crippen MR) is 100 cm³/mol. The van der Waals surface area contributed by atoms with E-state index in [2.05, 4.69) is 53.7 Å². The molecular weight excluding hydrogens is 318 g/mol. The zero-order chi connectivity index (χ0) is 16.9. The molecule has 1 saturated heterocycles. The van der Waals surface area contributed by atoms with Crippen molar-refractivity contribution in [1.29, 1.82) is 0 Å². The molecular formula is C19H27N3OS. The van der Waals surface area contributed by atoms with Crippen molar-refractivity contribution in [3.63, 3.8) is 0 Å². The number of likely N-dealkylation sites (tertiary alicyclic amines) is 1. The fraction of sp³-hybridized carbons (Fsp3) is 0.526. The van der Waals surface area contributed by atoms with Gasteiger partial charge >= 0.3 is 0 Å². The smallest absolute Gasteiger partial charge is 0.0954 e. The summed E-state index contributed by atoms with van der Waals surface area (Å²) >= 11 is 1.74. The summed E-state index contributed by atoms with van der Waals surface area (Å²) in [6.45, 7) is 8.00. The molecule has 3 rings (SSSR count). The number of anilines is 1. The van der Waals surface area contributed by atoms with Crippen molar-refractivity contribution in [3.8, 4) is 0 Å². The number of para-hydroxylation sites is 1. The minimum Gasteiger partial charge on any atom is -0.393 e. The van der Waals surface area contributed by atoms with Crippen LogP contribution in [0.15, 0.2) is 29.6 Å². The van der Waals surface area contributed by atoms with Gasteiger partial charge in [-0.2, -0.15) is 0 Å². The lowest BCUT2D eigenvalue weighted by atomic mass is 10.1. The lowest BCUT2D eigenvalue weighted by Crippen LogP contribution is -2.35. The van der Waals surface area contributed by atoms with Crippen molar-refractivity contribution in [3.05, 3.63) is 45.9 Å². The van der Waals surface area contributed by atoms with Gasteiger partial charge in [0.1, 0.15) is 0 Å². The van der Waals surface area contributed by atoms with Crippen molar-refractivity contribution >= 4 is 17.0 Å². The summed E-state index contributed by atoms with van der Waals surface area (Å²) < 4.78 is 0. The topological polar surface area (TPSA) is 48.4 Å². The fourth-order valence-electron chi connectivity index (χ4n) is 3.00. The van der Waals surface area contributed by atoms with Crippen LogP contribution in [0.2, 0.25) is 0 Å². The normalized spacial score (nSPS) is 16.7. The Bertz CT molecular complexity index is 648. The number of aliphatic hydroxyl groups excluding tert-OH is 1. The molecule has 1 aliphatic heterocycles. The highest BCUT2D eigenvalue weighted by Gasteiger charge is 2.17. The highest BCUT2D eigenvalue weighted by molar-refractivity contribution is 7.09. The number of nitrogens with zero attached hydrogens (tertiary/aromatic N) is 2. The summed E-state index contributed by atoms with van der Waals surface area (Å²) in [6, 6.07) is 8.50. The second-order valence-electron chi connectivity index (χ2n) is 6.85. The van der Waals surface area contributed by atoms with Gasteiger partial charge in [-0.1, -0.05) is 32.0 Å². The largest absolute Gasteiger partial charge is 0.393 e. The van der Waals surface area contributed by atoms with Crippen molar-refractivity contribution in [1.82, 2.24) is 9.88 Å². The number of aromatic nitrogens is 1. The summed E-state index contributed by atoms with van der Waals surface area (Å²) in [4.78, 5) is 7.12. The molecule has 0 atom stereocenters. The number of nitrogens with one attached hydrogen (secondary N) is 1. The molecule has 5 heteroatoms. The van der Waals surface area contributed by atoms with E-state index in [1.165, 1.54) is 16.3 Å². The quantitative estimate of drug-likeness (QED) is 0.835. The number of rotatable bonds is 6. The van der Waals surface area contributed by atoms with Crippen LogP contribution in [0.3, 0.4) is 0 Å². The Balaban J connectivity index is 1.61. The van der Waals surface area contributed by atoms with Crippen molar-refractivity contribution < 1.29 is 5.11 Å². The maximum absolute atomic E-state index is 9.65. The molecule has 0 bridgehead atoms. The Labute approximate surface area is 148 Å². The number of piperidine rings is 1. The standard InChI is InChI=1S/C19H27N3OS/c1-14(2)19-21-16(13-24-19)11-20-18-6-4-3-5-15(18)12-22-9-7-17(23)8-10-22/h3-6,13-14,17,20,23H,7-12H2,1-2H3. The van der Waals surface area contributed by atoms with Crippen molar-refractivity contribution in [2.24, 2.45) is 0 Å². The van der Waals surface area contributed by atoms with Gasteiger partial charge in [-0.05, 0) is 24.5 Å². The van der Waals surface area contributed by atoms with Crippen LogP contribution in [0.4, 0.5) is 5.69 Å². The molecule has 130 valence electrons. The minimum absolute atomic E-state index is 0.116. The molecule has 2 aromatic rings. The molecule has 1 aromatic carbocycles. The van der Waals surface area contributed by atoms with Gasteiger partial charge in [0.05, 0.1) is 23.4 Å². The molecule has 0 aliphatic carbocycles.